The average Bonchev–Trinajstić information content (AvgIpc) is 4.02. The first-order valence-corrected chi connectivity index (χ1v) is 46.8. The molecular formula is C76H73Cl2SiZr. The van der Waals surface area contributed by atoms with E-state index < -0.39 is 21.5 Å². The molecule has 2 atom stereocenters. The summed E-state index contributed by atoms with van der Waals surface area (Å²) < 4.78 is -0.188. The van der Waals surface area contributed by atoms with Crippen LogP contribution in [0.25, 0.3) is 99.7 Å². The van der Waals surface area contributed by atoms with Crippen molar-refractivity contribution in [3.05, 3.63) is 228 Å². The van der Waals surface area contributed by atoms with E-state index >= 15 is 0 Å². The molecule has 4 aliphatic carbocycles. The minimum absolute atomic E-state index is 0.0938. The molecule has 0 aliphatic heterocycles. The molecule has 0 saturated heterocycles. The van der Waals surface area contributed by atoms with Crippen LogP contribution in [0.1, 0.15) is 119 Å². The van der Waals surface area contributed by atoms with E-state index in [1.54, 1.807) is 0 Å². The van der Waals surface area contributed by atoms with Crippen LogP contribution >= 0.6 is 17.0 Å². The zero-order valence-corrected chi connectivity index (χ0v) is 51.8. The number of hydrogen-bond acceptors (Lipinski definition) is 0. The summed E-state index contributed by atoms with van der Waals surface area (Å²) in [4.78, 5) is 0. The van der Waals surface area contributed by atoms with Gasteiger partial charge in [-0.1, -0.05) is 0 Å². The van der Waals surface area contributed by atoms with Crippen LogP contribution in [0.3, 0.4) is 0 Å². The monoisotopic (exact) mass is 1170 g/mol. The summed E-state index contributed by atoms with van der Waals surface area (Å²) in [6, 6.07) is 73.8. The SMILES string of the molecule is C[SiH](C)[Zr]([Cl])([Cl])([CH]1C(CC2CCCCCC2)=Cc2c(-c3cccc4ccccc34)ccc(-c3cccc4ccccc34)c21)[CH]1C(CC2CCCCCC2)=Cc2c(-c3cccc4ccccc34)ccc(-c3cccc4ccccc34)c21. The molecule has 0 heterocycles. The van der Waals surface area contributed by atoms with Crippen molar-refractivity contribution in [2.24, 2.45) is 11.8 Å². The number of halogens is 2. The summed E-state index contributed by atoms with van der Waals surface area (Å²) in [6.45, 7) is 5.21. The van der Waals surface area contributed by atoms with Crippen molar-refractivity contribution in [3.8, 4) is 44.5 Å². The molecule has 0 radical (unpaired) electrons. The van der Waals surface area contributed by atoms with Crippen molar-refractivity contribution in [2.75, 3.05) is 0 Å². The number of benzene rings is 10. The Balaban J connectivity index is 1.11. The Kier molecular flexibility index (Phi) is 14.2. The van der Waals surface area contributed by atoms with E-state index in [1.165, 1.54) is 198 Å². The fraction of sp³-hybridized carbons (Fsp3) is 0.263. The number of rotatable bonds is 11. The molecule has 80 heavy (non-hydrogen) atoms. The molecule has 2 fully saturated rings. The first-order chi connectivity index (χ1) is 39.2. The predicted molar refractivity (Wildman–Crippen MR) is 348 cm³/mol. The van der Waals surface area contributed by atoms with E-state index in [0.717, 1.165) is 12.8 Å². The molecule has 399 valence electrons. The normalized spacial score (nSPS) is 18.7. The van der Waals surface area contributed by atoms with Crippen molar-refractivity contribution < 1.29 is 15.6 Å². The topological polar surface area (TPSA) is 0 Å². The van der Waals surface area contributed by atoms with Crippen molar-refractivity contribution in [1.29, 1.82) is 0 Å². The van der Waals surface area contributed by atoms with Gasteiger partial charge in [-0.2, -0.15) is 0 Å². The molecule has 4 aliphatic rings. The third kappa shape index (κ3) is 9.01. The van der Waals surface area contributed by atoms with Crippen LogP contribution in [0.15, 0.2) is 205 Å². The van der Waals surface area contributed by atoms with Crippen molar-refractivity contribution in [3.63, 3.8) is 0 Å². The van der Waals surface area contributed by atoms with Gasteiger partial charge in [-0.05, 0) is 0 Å². The van der Waals surface area contributed by atoms with Gasteiger partial charge in [0.1, 0.15) is 0 Å². The van der Waals surface area contributed by atoms with Crippen LogP contribution in [-0.2, 0) is 15.6 Å². The van der Waals surface area contributed by atoms with Gasteiger partial charge in [-0.3, -0.25) is 0 Å². The molecule has 0 spiro atoms. The Morgan fingerprint density at radius 3 is 0.950 bits per heavy atom. The molecule has 2 unspecified atom stereocenters. The Hall–Kier alpha value is -5.60. The molecule has 0 N–H and O–H groups in total. The van der Waals surface area contributed by atoms with Gasteiger partial charge in [0, 0.05) is 0 Å². The van der Waals surface area contributed by atoms with E-state index in [4.69, 9.17) is 0 Å². The fourth-order valence-corrected chi connectivity index (χ4v) is 47.2. The van der Waals surface area contributed by atoms with Gasteiger partial charge in [-0.15, -0.1) is 0 Å². The molecule has 0 nitrogen and oxygen atoms in total. The maximum atomic E-state index is 9.98. The van der Waals surface area contributed by atoms with Gasteiger partial charge in [0.25, 0.3) is 0 Å². The van der Waals surface area contributed by atoms with E-state index in [1.807, 2.05) is 0 Å². The Bertz CT molecular complexity index is 3810. The van der Waals surface area contributed by atoms with E-state index in [9.17, 15) is 17.0 Å². The van der Waals surface area contributed by atoms with Gasteiger partial charge in [0.15, 0.2) is 0 Å². The minimum atomic E-state index is -5.71. The van der Waals surface area contributed by atoms with Crippen molar-refractivity contribution >= 4 is 78.2 Å². The summed E-state index contributed by atoms with van der Waals surface area (Å²) in [5, 5.41) is 10.2. The first-order valence-electron chi connectivity index (χ1n) is 30.5. The summed E-state index contributed by atoms with van der Waals surface area (Å²) in [5.41, 5.74) is 18.9. The summed E-state index contributed by atoms with van der Waals surface area (Å²) >= 11 is -5.71. The second-order valence-electron chi connectivity index (χ2n) is 24.9. The maximum absolute atomic E-state index is 9.98. The number of fused-ring (bicyclic) bond motifs is 6. The Morgan fingerprint density at radius 1 is 0.338 bits per heavy atom. The molecule has 14 rings (SSSR count). The van der Waals surface area contributed by atoms with Gasteiger partial charge < -0.3 is 0 Å². The number of hydrogen-bond donors (Lipinski definition) is 0. The average molecular weight is 1180 g/mol. The zero-order chi connectivity index (χ0) is 54.0. The predicted octanol–water partition coefficient (Wildman–Crippen LogP) is 23.2. The molecule has 0 aromatic heterocycles. The van der Waals surface area contributed by atoms with Crippen molar-refractivity contribution in [2.45, 2.75) is 110 Å². The van der Waals surface area contributed by atoms with Crippen LogP contribution in [0, 0.1) is 11.8 Å². The van der Waals surface area contributed by atoms with Crippen LogP contribution in [0.5, 0.6) is 0 Å². The van der Waals surface area contributed by atoms with Crippen LogP contribution < -0.4 is 0 Å². The second-order valence-corrected chi connectivity index (χ2v) is 67.4. The zero-order valence-electron chi connectivity index (χ0n) is 46.7. The van der Waals surface area contributed by atoms with E-state index in [-0.39, 0.29) is 7.25 Å². The standard InChI is InChI=1S/2C37H33.C2H7Si.2ClH.Zr/c2*1-2-4-12-26(11-3-1)23-27-24-36-34(32-19-9-15-28-13-5-7-17-30(28)32)21-22-35(37(36)25-27)33-20-10-16-29-14-6-8-18-31(29)33;1-3-2;;;/h2*5-10,13-22,24-26H,1-4,11-12,23H2;3H,1-2H3;2*1H;/q;;;;;+2/p-2. The van der Waals surface area contributed by atoms with Crippen LogP contribution in [0.4, 0.5) is 0 Å². The van der Waals surface area contributed by atoms with Crippen molar-refractivity contribution in [1.82, 2.24) is 0 Å². The molecule has 4 heteroatoms. The van der Waals surface area contributed by atoms with Gasteiger partial charge in [0.2, 0.25) is 0 Å². The first kappa shape index (κ1) is 52.5. The quantitative estimate of drug-likeness (QED) is 0.0894. The summed E-state index contributed by atoms with van der Waals surface area (Å²) in [6.07, 6.45) is 23.1. The molecule has 2 saturated carbocycles. The van der Waals surface area contributed by atoms with Crippen LogP contribution in [-0.4, -0.2) is 5.92 Å². The summed E-state index contributed by atoms with van der Waals surface area (Å²) in [7, 11) is 20.0. The van der Waals surface area contributed by atoms with E-state index in [0.29, 0.717) is 11.8 Å². The molecule has 0 amide bonds. The Morgan fingerprint density at radius 2 is 0.625 bits per heavy atom. The second kappa shape index (κ2) is 21.6. The van der Waals surface area contributed by atoms with Gasteiger partial charge >= 0.3 is 488 Å². The third-order valence-electron chi connectivity index (χ3n) is 20.1. The van der Waals surface area contributed by atoms with Crippen LogP contribution in [0.2, 0.25) is 13.1 Å². The van der Waals surface area contributed by atoms with Gasteiger partial charge in [0.05, 0.1) is 0 Å². The Labute approximate surface area is 483 Å². The molecule has 10 aromatic carbocycles. The molecule has 10 aromatic rings. The molecule has 0 bridgehead atoms. The summed E-state index contributed by atoms with van der Waals surface area (Å²) in [5.74, 6) is -0.900. The molecular weight excluding hydrogens is 1100 g/mol. The fourth-order valence-electron chi connectivity index (χ4n) is 16.1. The van der Waals surface area contributed by atoms with Gasteiger partial charge in [-0.25, -0.2) is 0 Å². The number of allylic oxidation sites excluding steroid dienone is 2. The third-order valence-corrected chi connectivity index (χ3v) is 71.8. The van der Waals surface area contributed by atoms with E-state index in [2.05, 4.69) is 219 Å².